The lowest BCUT2D eigenvalue weighted by atomic mass is 10.2. The number of hydrogen-bond donors (Lipinski definition) is 1. The van der Waals surface area contributed by atoms with E-state index in [0.29, 0.717) is 12.5 Å². The van der Waals surface area contributed by atoms with Crippen LogP contribution >= 0.6 is 0 Å². The molecule has 0 aromatic carbocycles. The number of ether oxygens (including phenoxy) is 1. The molecular weight excluding hydrogens is 270 g/mol. The number of carbonyl (C=O) groups excluding carboxylic acids is 1. The second-order valence-corrected chi connectivity index (χ2v) is 5.94. The Balaban J connectivity index is 1.75. The van der Waals surface area contributed by atoms with Crippen molar-refractivity contribution in [2.45, 2.75) is 32.9 Å². The molecule has 2 rings (SSSR count). The van der Waals surface area contributed by atoms with E-state index in [1.807, 2.05) is 0 Å². The van der Waals surface area contributed by atoms with Crippen molar-refractivity contribution in [1.29, 1.82) is 0 Å². The fourth-order valence-electron chi connectivity index (χ4n) is 2.49. The molecule has 0 unspecified atom stereocenters. The quantitative estimate of drug-likeness (QED) is 0.818. The van der Waals surface area contributed by atoms with Crippen LogP contribution in [0.2, 0.25) is 0 Å². The number of rotatable bonds is 6. The first-order valence-corrected chi connectivity index (χ1v) is 7.52. The summed E-state index contributed by atoms with van der Waals surface area (Å²) in [7, 11) is 0. The molecule has 1 amide bonds. The van der Waals surface area contributed by atoms with Gasteiger partial charge in [0, 0.05) is 26.2 Å². The summed E-state index contributed by atoms with van der Waals surface area (Å²) in [6, 6.07) is -0.358. The smallest absolute Gasteiger partial charge is 0.244 e. The first kappa shape index (κ1) is 15.9. The van der Waals surface area contributed by atoms with E-state index in [1.54, 1.807) is 17.9 Å². The molecule has 1 N–H and O–H groups in total. The van der Waals surface area contributed by atoms with Crippen LogP contribution in [0.15, 0.2) is 12.7 Å². The number of amides is 1. The van der Waals surface area contributed by atoms with E-state index in [1.165, 1.54) is 6.33 Å². The molecule has 0 aliphatic carbocycles. The van der Waals surface area contributed by atoms with Gasteiger partial charge in [-0.1, -0.05) is 13.8 Å². The van der Waals surface area contributed by atoms with E-state index < -0.39 is 0 Å². The first-order valence-electron chi connectivity index (χ1n) is 7.52. The van der Waals surface area contributed by atoms with Gasteiger partial charge in [-0.3, -0.25) is 9.69 Å². The van der Waals surface area contributed by atoms with Crippen molar-refractivity contribution in [1.82, 2.24) is 25.0 Å². The molecule has 1 fully saturated rings. The molecule has 1 aliphatic heterocycles. The van der Waals surface area contributed by atoms with Crippen LogP contribution in [-0.4, -0.2) is 64.5 Å². The third kappa shape index (κ3) is 4.78. The zero-order chi connectivity index (χ0) is 15.2. The van der Waals surface area contributed by atoms with Crippen molar-refractivity contribution in [3.05, 3.63) is 12.7 Å². The molecule has 1 aromatic rings. The Morgan fingerprint density at radius 2 is 2.29 bits per heavy atom. The summed E-state index contributed by atoms with van der Waals surface area (Å²) in [4.78, 5) is 18.3. The summed E-state index contributed by atoms with van der Waals surface area (Å²) in [6.45, 7) is 10.4. The molecule has 1 aromatic heterocycles. The zero-order valence-electron chi connectivity index (χ0n) is 13.0. The van der Waals surface area contributed by atoms with E-state index in [2.05, 4.69) is 34.1 Å². The SMILES string of the molecule is CC(C)CN1CCO[C@@H](CNC(=O)[C@H](C)n2cncn2)C1. The Hall–Kier alpha value is -1.47. The minimum Gasteiger partial charge on any atom is -0.374 e. The van der Waals surface area contributed by atoms with Gasteiger partial charge in [-0.25, -0.2) is 9.67 Å². The molecule has 0 radical (unpaired) electrons. The Bertz CT molecular complexity index is 435. The number of aromatic nitrogens is 3. The van der Waals surface area contributed by atoms with Crippen molar-refractivity contribution < 1.29 is 9.53 Å². The molecule has 2 atom stereocenters. The van der Waals surface area contributed by atoms with Crippen LogP contribution in [0.5, 0.6) is 0 Å². The molecular formula is C14H25N5O2. The van der Waals surface area contributed by atoms with Crippen molar-refractivity contribution in [3.8, 4) is 0 Å². The second-order valence-electron chi connectivity index (χ2n) is 5.94. The Morgan fingerprint density at radius 1 is 1.48 bits per heavy atom. The summed E-state index contributed by atoms with van der Waals surface area (Å²) in [5.41, 5.74) is 0. The van der Waals surface area contributed by atoms with Gasteiger partial charge < -0.3 is 10.1 Å². The maximum atomic E-state index is 12.1. The molecule has 1 aliphatic rings. The van der Waals surface area contributed by atoms with E-state index in [9.17, 15) is 4.79 Å². The van der Waals surface area contributed by atoms with Crippen LogP contribution in [-0.2, 0) is 9.53 Å². The zero-order valence-corrected chi connectivity index (χ0v) is 13.0. The normalized spacial score (nSPS) is 21.4. The highest BCUT2D eigenvalue weighted by Gasteiger charge is 2.22. The van der Waals surface area contributed by atoms with Crippen LogP contribution in [0.1, 0.15) is 26.8 Å². The molecule has 118 valence electrons. The van der Waals surface area contributed by atoms with Gasteiger partial charge >= 0.3 is 0 Å². The third-order valence-electron chi connectivity index (χ3n) is 3.56. The average molecular weight is 295 g/mol. The minimum atomic E-state index is -0.358. The van der Waals surface area contributed by atoms with E-state index in [4.69, 9.17) is 4.74 Å². The van der Waals surface area contributed by atoms with E-state index >= 15 is 0 Å². The Kier molecular flexibility index (Phi) is 5.69. The van der Waals surface area contributed by atoms with Gasteiger partial charge in [0.15, 0.2) is 0 Å². The van der Waals surface area contributed by atoms with Crippen molar-refractivity contribution in [2.75, 3.05) is 32.8 Å². The summed E-state index contributed by atoms with van der Waals surface area (Å²) in [6.07, 6.45) is 3.04. The molecule has 0 spiro atoms. The fraction of sp³-hybridized carbons (Fsp3) is 0.786. The summed E-state index contributed by atoms with van der Waals surface area (Å²) >= 11 is 0. The van der Waals surface area contributed by atoms with Gasteiger partial charge in [-0.15, -0.1) is 0 Å². The van der Waals surface area contributed by atoms with Gasteiger partial charge in [0.05, 0.1) is 12.7 Å². The Labute approximate surface area is 125 Å². The van der Waals surface area contributed by atoms with Gasteiger partial charge in [0.25, 0.3) is 0 Å². The number of nitrogens with one attached hydrogen (secondary N) is 1. The summed E-state index contributed by atoms with van der Waals surface area (Å²) in [5.74, 6) is 0.579. The molecule has 1 saturated heterocycles. The second kappa shape index (κ2) is 7.51. The lowest BCUT2D eigenvalue weighted by Crippen LogP contribution is -2.49. The number of hydrogen-bond acceptors (Lipinski definition) is 5. The highest BCUT2D eigenvalue weighted by molar-refractivity contribution is 5.79. The number of nitrogens with zero attached hydrogens (tertiary/aromatic N) is 4. The van der Waals surface area contributed by atoms with Gasteiger partial charge in [-0.2, -0.15) is 5.10 Å². The van der Waals surface area contributed by atoms with Crippen LogP contribution in [0.25, 0.3) is 0 Å². The van der Waals surface area contributed by atoms with Crippen molar-refractivity contribution >= 4 is 5.91 Å². The Morgan fingerprint density at radius 3 is 2.95 bits per heavy atom. The summed E-state index contributed by atoms with van der Waals surface area (Å²) < 4.78 is 7.26. The van der Waals surface area contributed by atoms with Gasteiger partial charge in [0.2, 0.25) is 5.91 Å². The minimum absolute atomic E-state index is 0.0596. The molecule has 0 bridgehead atoms. The van der Waals surface area contributed by atoms with Crippen LogP contribution in [0, 0.1) is 5.92 Å². The number of morpholine rings is 1. The van der Waals surface area contributed by atoms with Gasteiger partial charge in [-0.05, 0) is 12.8 Å². The lowest BCUT2D eigenvalue weighted by Gasteiger charge is -2.34. The maximum Gasteiger partial charge on any atom is 0.244 e. The third-order valence-corrected chi connectivity index (χ3v) is 3.56. The monoisotopic (exact) mass is 295 g/mol. The van der Waals surface area contributed by atoms with Crippen LogP contribution in [0.4, 0.5) is 0 Å². The van der Waals surface area contributed by atoms with E-state index in [-0.39, 0.29) is 18.1 Å². The standard InChI is InChI=1S/C14H25N5O2/c1-11(2)7-18-4-5-21-13(8-18)6-16-14(20)12(3)19-10-15-9-17-19/h9-13H,4-8H2,1-3H3,(H,16,20)/t12-,13-/m0/s1. The lowest BCUT2D eigenvalue weighted by molar-refractivity contribution is -0.125. The predicted octanol–water partition coefficient (Wildman–Crippen LogP) is 0.312. The van der Waals surface area contributed by atoms with Crippen LogP contribution < -0.4 is 5.32 Å². The first-order chi connectivity index (χ1) is 10.1. The predicted molar refractivity (Wildman–Crippen MR) is 78.8 cm³/mol. The molecule has 2 heterocycles. The topological polar surface area (TPSA) is 72.3 Å². The average Bonchev–Trinajstić information content (AvgIpc) is 2.97. The molecule has 21 heavy (non-hydrogen) atoms. The highest BCUT2D eigenvalue weighted by atomic mass is 16.5. The number of carbonyl (C=O) groups is 1. The highest BCUT2D eigenvalue weighted by Crippen LogP contribution is 2.08. The maximum absolute atomic E-state index is 12.1. The van der Waals surface area contributed by atoms with Crippen LogP contribution in [0.3, 0.4) is 0 Å². The molecule has 7 nitrogen and oxygen atoms in total. The van der Waals surface area contributed by atoms with Gasteiger partial charge in [0.1, 0.15) is 18.7 Å². The fourth-order valence-corrected chi connectivity index (χ4v) is 2.49. The molecule has 7 heteroatoms. The van der Waals surface area contributed by atoms with E-state index in [0.717, 1.165) is 26.2 Å². The molecule has 0 saturated carbocycles. The summed E-state index contributed by atoms with van der Waals surface area (Å²) in [5, 5.41) is 6.92. The largest absolute Gasteiger partial charge is 0.374 e. The van der Waals surface area contributed by atoms with Crippen molar-refractivity contribution in [3.63, 3.8) is 0 Å². The van der Waals surface area contributed by atoms with Crippen molar-refractivity contribution in [2.24, 2.45) is 5.92 Å².